The Morgan fingerprint density at radius 1 is 0.523 bits per heavy atom. The third kappa shape index (κ3) is 14.0. The average Bonchev–Trinajstić information content (AvgIpc) is 1.73. The first-order valence-electron chi connectivity index (χ1n) is 36.7. The zero-order valence-electron chi connectivity index (χ0n) is 60.0. The molecule has 28 nitrogen and oxygen atoms in total. The molecule has 9 aromatic heterocycles. The molecule has 0 spiro atoms. The van der Waals surface area contributed by atoms with Crippen molar-refractivity contribution in [3.63, 3.8) is 0 Å². The Morgan fingerprint density at radius 3 is 1.65 bits per heavy atom. The molecule has 7 aliphatic rings. The van der Waals surface area contributed by atoms with E-state index in [1.54, 1.807) is 75.2 Å². The number of hydrazone groups is 1. The lowest BCUT2D eigenvalue weighted by Crippen LogP contribution is -2.29. The first-order chi connectivity index (χ1) is 52.3. The van der Waals surface area contributed by atoms with Gasteiger partial charge in [-0.1, -0.05) is 18.2 Å². The summed E-state index contributed by atoms with van der Waals surface area (Å²) in [5, 5.41) is 60.7. The van der Waals surface area contributed by atoms with Gasteiger partial charge in [0.05, 0.1) is 134 Å². The van der Waals surface area contributed by atoms with Crippen molar-refractivity contribution in [3.8, 4) is 22.5 Å². The second kappa shape index (κ2) is 29.9. The van der Waals surface area contributed by atoms with Gasteiger partial charge in [0.2, 0.25) is 0 Å². The van der Waals surface area contributed by atoms with Crippen molar-refractivity contribution in [1.82, 2.24) is 102 Å². The fourth-order valence-electron chi connectivity index (χ4n) is 15.3. The first-order valence-corrected chi connectivity index (χ1v) is 36.7. The van der Waals surface area contributed by atoms with E-state index in [2.05, 4.69) is 112 Å². The van der Waals surface area contributed by atoms with Crippen LogP contribution in [0, 0.1) is 0 Å². The molecule has 1 fully saturated rings. The molecule has 0 radical (unpaired) electrons. The van der Waals surface area contributed by atoms with Gasteiger partial charge in [-0.05, 0) is 209 Å². The summed E-state index contributed by atoms with van der Waals surface area (Å²) in [5.74, 6) is -0.588. The van der Waals surface area contributed by atoms with Crippen molar-refractivity contribution >= 4 is 102 Å². The number of allylic oxidation sites excluding steroid dienone is 4. The lowest BCUT2D eigenvalue weighted by atomic mass is 9.77. The highest BCUT2D eigenvalue weighted by atomic mass is 16.2. The number of aromatic amines is 7. The van der Waals surface area contributed by atoms with Gasteiger partial charge in [-0.15, -0.1) is 0 Å². The SMILES string of the molecule is CN(C)C(=O)c1[nH]ncc1-c1nc2ccc3[nH]ncc3c2c2c1CCCC2.CN(C)C(=O)c1[nH]ncc1C(=Nc1ccc2[nH]ncc2c1)C1=CCCCC1.NC(=O)c1[nH]ncc1C(=Nc1ccc2[nH]ncc2c1)C1=CCCCC1.O=C(NC1CC1)c1[nH]ncc1-c1nc2c(c3c1CCCC3)C1C=NNC1C=C2. The maximum Gasteiger partial charge on any atom is 0.272 e. The van der Waals surface area contributed by atoms with Crippen LogP contribution in [0.2, 0.25) is 0 Å². The Bertz CT molecular complexity index is 5620. The Hall–Kier alpha value is -12.6. The summed E-state index contributed by atoms with van der Waals surface area (Å²) < 4.78 is 0. The summed E-state index contributed by atoms with van der Waals surface area (Å²) in [6.45, 7) is 0. The van der Waals surface area contributed by atoms with Crippen molar-refractivity contribution in [1.29, 1.82) is 0 Å². The van der Waals surface area contributed by atoms with E-state index in [1.807, 2.05) is 60.9 Å². The minimum absolute atomic E-state index is 0.0817. The summed E-state index contributed by atoms with van der Waals surface area (Å²) in [4.78, 5) is 72.5. The number of amides is 4. The number of pyridine rings is 2. The third-order valence-corrected chi connectivity index (χ3v) is 20.8. The molecule has 6 aliphatic carbocycles. The van der Waals surface area contributed by atoms with Gasteiger partial charge in [0.1, 0.15) is 22.8 Å². The molecule has 2 unspecified atom stereocenters. The lowest BCUT2D eigenvalue weighted by Gasteiger charge is -2.29. The van der Waals surface area contributed by atoms with E-state index < -0.39 is 5.91 Å². The fourth-order valence-corrected chi connectivity index (χ4v) is 15.3. The van der Waals surface area contributed by atoms with Crippen molar-refractivity contribution in [2.75, 3.05) is 28.2 Å². The number of nitrogens with one attached hydrogen (secondary N) is 9. The molecule has 12 aromatic rings. The number of carbonyl (C=O) groups excluding carboxylic acids is 4. The van der Waals surface area contributed by atoms with E-state index in [1.165, 1.54) is 58.0 Å². The molecule has 28 heteroatoms. The molecule has 107 heavy (non-hydrogen) atoms. The summed E-state index contributed by atoms with van der Waals surface area (Å²) in [6.07, 6.45) is 42.2. The third-order valence-electron chi connectivity index (χ3n) is 20.8. The Kier molecular flexibility index (Phi) is 19.2. The van der Waals surface area contributed by atoms with Crippen LogP contribution < -0.4 is 16.5 Å². The van der Waals surface area contributed by atoms with E-state index in [4.69, 9.17) is 25.7 Å². The van der Waals surface area contributed by atoms with E-state index in [-0.39, 0.29) is 35.4 Å². The molecule has 1 saturated carbocycles. The number of hydrogen-bond acceptors (Lipinski definition) is 17. The predicted molar refractivity (Wildman–Crippen MR) is 411 cm³/mol. The van der Waals surface area contributed by atoms with Crippen LogP contribution in [-0.2, 0) is 25.7 Å². The fraction of sp³-hybridized carbons (Fsp3) is 0.316. The van der Waals surface area contributed by atoms with Crippen LogP contribution in [0.3, 0.4) is 0 Å². The quantitative estimate of drug-likeness (QED) is 0.0480. The lowest BCUT2D eigenvalue weighted by molar-refractivity contribution is 0.0815. The number of nitrogens with two attached hydrogens (primary N) is 1. The van der Waals surface area contributed by atoms with Gasteiger partial charge >= 0.3 is 0 Å². The van der Waals surface area contributed by atoms with Gasteiger partial charge in [-0.25, -0.2) is 20.0 Å². The van der Waals surface area contributed by atoms with Crippen molar-refractivity contribution in [2.45, 2.75) is 134 Å². The number of nitrogens with zero attached hydrogens (tertiary/aromatic N) is 14. The van der Waals surface area contributed by atoms with Gasteiger partial charge in [-0.2, -0.15) is 40.8 Å². The zero-order valence-corrected chi connectivity index (χ0v) is 60.0. The smallest absolute Gasteiger partial charge is 0.272 e. The molecular formula is C79H82N24O4. The summed E-state index contributed by atoms with van der Waals surface area (Å²) in [6, 6.07) is 16.3. The van der Waals surface area contributed by atoms with Gasteiger partial charge in [-0.3, -0.25) is 54.9 Å². The highest BCUT2D eigenvalue weighted by molar-refractivity contribution is 6.19. The molecule has 11 N–H and O–H groups in total. The average molecular weight is 1430 g/mol. The largest absolute Gasteiger partial charge is 0.364 e. The normalized spacial score (nSPS) is 17.2. The minimum atomic E-state index is -0.540. The van der Waals surface area contributed by atoms with Crippen LogP contribution in [0.4, 0.5) is 11.4 Å². The molecule has 0 bridgehead atoms. The number of aromatic nitrogens is 16. The molecule has 2 atom stereocenters. The molecule has 19 rings (SSSR count). The second-order valence-corrected chi connectivity index (χ2v) is 28.5. The first kappa shape index (κ1) is 68.8. The summed E-state index contributed by atoms with van der Waals surface area (Å²) in [7, 11) is 6.95. The number of fused-ring (bicyclic) bond motifs is 12. The number of rotatable bonds is 13. The number of aryl methyl sites for hydroxylation is 1. The highest BCUT2D eigenvalue weighted by Gasteiger charge is 2.36. The van der Waals surface area contributed by atoms with Gasteiger partial charge in [0.15, 0.2) is 0 Å². The summed E-state index contributed by atoms with van der Waals surface area (Å²) >= 11 is 0. The highest BCUT2D eigenvalue weighted by Crippen LogP contribution is 2.43. The van der Waals surface area contributed by atoms with E-state index in [0.717, 1.165) is 197 Å². The van der Waals surface area contributed by atoms with Crippen LogP contribution >= 0.6 is 0 Å². The number of primary amides is 1. The zero-order chi connectivity index (χ0) is 73.2. The Morgan fingerprint density at radius 2 is 1.04 bits per heavy atom. The monoisotopic (exact) mass is 1430 g/mol. The molecule has 3 aromatic carbocycles. The van der Waals surface area contributed by atoms with Crippen LogP contribution in [0.1, 0.15) is 182 Å². The summed E-state index contributed by atoms with van der Waals surface area (Å²) in [5.41, 5.74) is 32.1. The van der Waals surface area contributed by atoms with E-state index in [9.17, 15) is 19.2 Å². The van der Waals surface area contributed by atoms with Crippen molar-refractivity contribution in [2.24, 2.45) is 20.8 Å². The topological polar surface area (TPSA) is 388 Å². The molecular weight excluding hydrogens is 1350 g/mol. The van der Waals surface area contributed by atoms with Gasteiger partial charge < -0.3 is 26.3 Å². The van der Waals surface area contributed by atoms with Crippen LogP contribution in [0.5, 0.6) is 0 Å². The Labute approximate surface area is 614 Å². The number of aliphatic imine (C=N–C) groups is 2. The number of carbonyl (C=O) groups is 4. The molecule has 542 valence electrons. The van der Waals surface area contributed by atoms with Crippen molar-refractivity contribution < 1.29 is 19.2 Å². The standard InChI is InChI=1S/C21H22N6O.C20H20N6O.C20H22N6O.C18H18N6O/c28-21(24-11-5-6-11)20-15(10-23-27-20)19-13-4-2-1-3-12(13)18-14-9-22-26-16(14)7-8-17(18)25-19;1-26(2)20(27)19-14(10-22-25-19)18-12-6-4-3-5-11(12)17-13-9-21-24-15(13)7-8-16(17)23-18;1-26(2)20(27)19-16(12-22-25-19)18(13-6-4-3-5-7-13)23-15-8-9-17-14(10-15)11-21-24-17;19-18(25)17-14(10-21-24-17)16(11-4-2-1-3-5-11)22-13-6-7-15-12(8-13)9-20-23-15/h7-11,14,16,26H,1-6H2,(H,23,27)(H,24,28);7-10H,3-6H2,1-2H3,(H,21,24)(H,22,25);6,8-12H,3-5,7H2,1-2H3,(H,21,24)(H,22,25);4,6-10H,1-3,5H2,(H2,19,25)(H,20,23)(H,21,24). The van der Waals surface area contributed by atoms with Gasteiger partial charge in [0.25, 0.3) is 23.6 Å². The van der Waals surface area contributed by atoms with Crippen LogP contribution in [0.25, 0.3) is 72.2 Å². The number of H-pyrrole nitrogens is 7. The second-order valence-electron chi connectivity index (χ2n) is 28.5. The molecule has 0 saturated heterocycles. The number of benzene rings is 3. The van der Waals surface area contributed by atoms with E-state index >= 15 is 0 Å². The molecule has 10 heterocycles. The maximum atomic E-state index is 12.7. The van der Waals surface area contributed by atoms with Crippen LogP contribution in [0.15, 0.2) is 136 Å². The molecule has 4 amide bonds. The predicted octanol–water partition coefficient (Wildman–Crippen LogP) is 12.0. The maximum absolute atomic E-state index is 12.7. The van der Waals surface area contributed by atoms with Gasteiger partial charge in [0, 0.05) is 67.9 Å². The minimum Gasteiger partial charge on any atom is -0.364 e. The van der Waals surface area contributed by atoms with Crippen LogP contribution in [-0.4, -0.2) is 173 Å². The number of hydrogen-bond donors (Lipinski definition) is 10. The van der Waals surface area contributed by atoms with E-state index in [0.29, 0.717) is 28.7 Å². The molecule has 1 aliphatic heterocycles. The Balaban J connectivity index is 0.000000109. The van der Waals surface area contributed by atoms with Crippen molar-refractivity contribution in [3.05, 3.63) is 189 Å².